The highest BCUT2D eigenvalue weighted by atomic mass is 35.7. The zero-order valence-corrected chi connectivity index (χ0v) is 11.5. The molecule has 0 saturated carbocycles. The van der Waals surface area contributed by atoms with Crippen molar-refractivity contribution >= 4 is 19.7 Å². The van der Waals surface area contributed by atoms with Gasteiger partial charge in [-0.25, -0.2) is 8.42 Å². The van der Waals surface area contributed by atoms with E-state index in [1.165, 1.54) is 0 Å². The molecule has 108 valence electrons. The minimum atomic E-state index is -4.64. The van der Waals surface area contributed by atoms with Gasteiger partial charge in [0.05, 0.1) is 20.0 Å². The summed E-state index contributed by atoms with van der Waals surface area (Å²) in [5.41, 5.74) is -1.06. The molecule has 0 radical (unpaired) electrons. The Labute approximate surface area is 112 Å². The molecule has 0 aliphatic heterocycles. The third kappa shape index (κ3) is 3.90. The summed E-state index contributed by atoms with van der Waals surface area (Å²) in [6.07, 6.45) is -4.64. The molecule has 4 nitrogen and oxygen atoms in total. The second-order valence-electron chi connectivity index (χ2n) is 3.52. The zero-order valence-electron chi connectivity index (χ0n) is 9.91. The molecule has 0 amide bonds. The van der Waals surface area contributed by atoms with Gasteiger partial charge in [-0.1, -0.05) is 6.07 Å². The molecule has 0 aromatic heterocycles. The number of benzene rings is 1. The van der Waals surface area contributed by atoms with Gasteiger partial charge in [0.15, 0.2) is 11.5 Å². The van der Waals surface area contributed by atoms with Crippen molar-refractivity contribution in [3.05, 3.63) is 23.3 Å². The van der Waals surface area contributed by atoms with Crippen molar-refractivity contribution in [1.82, 2.24) is 0 Å². The second-order valence-corrected chi connectivity index (χ2v) is 6.30. The van der Waals surface area contributed by atoms with Crippen LogP contribution in [0.4, 0.5) is 13.2 Å². The first-order valence-corrected chi connectivity index (χ1v) is 7.31. The number of alkyl halides is 3. The van der Waals surface area contributed by atoms with Crippen molar-refractivity contribution in [2.75, 3.05) is 14.2 Å². The molecule has 0 atom stereocenters. The third-order valence-electron chi connectivity index (χ3n) is 2.24. The van der Waals surface area contributed by atoms with Crippen molar-refractivity contribution in [3.8, 4) is 11.5 Å². The molecule has 0 bridgehead atoms. The standard InChI is InChI=1S/C10H10ClF3O4S/c1-17-8-6(5-19(11,15)16)3-4-7(9(8)18-2)10(12,13)14/h3-4H,5H2,1-2H3. The van der Waals surface area contributed by atoms with E-state index < -0.39 is 32.3 Å². The molecule has 0 heterocycles. The number of hydrogen-bond acceptors (Lipinski definition) is 4. The molecule has 1 aromatic carbocycles. The zero-order chi connectivity index (χ0) is 14.8. The topological polar surface area (TPSA) is 52.6 Å². The summed E-state index contributed by atoms with van der Waals surface area (Å²) in [5, 5.41) is 0. The van der Waals surface area contributed by atoms with Crippen LogP contribution in [0.1, 0.15) is 11.1 Å². The molecular weight excluding hydrogens is 309 g/mol. The number of ether oxygens (including phenoxy) is 2. The van der Waals surface area contributed by atoms with E-state index in [2.05, 4.69) is 4.74 Å². The van der Waals surface area contributed by atoms with Crippen LogP contribution < -0.4 is 9.47 Å². The molecule has 0 aliphatic rings. The largest absolute Gasteiger partial charge is 0.493 e. The van der Waals surface area contributed by atoms with Crippen LogP contribution in [-0.2, 0) is 21.0 Å². The smallest absolute Gasteiger partial charge is 0.420 e. The summed E-state index contributed by atoms with van der Waals surface area (Å²) in [5.74, 6) is -1.54. The molecule has 1 aromatic rings. The van der Waals surface area contributed by atoms with E-state index in [9.17, 15) is 21.6 Å². The Balaban J connectivity index is 3.47. The summed E-state index contributed by atoms with van der Waals surface area (Å²) in [6, 6.07) is 1.71. The molecule has 0 fully saturated rings. The van der Waals surface area contributed by atoms with Crippen molar-refractivity contribution in [3.63, 3.8) is 0 Å². The monoisotopic (exact) mass is 318 g/mol. The van der Waals surface area contributed by atoms with Crippen LogP contribution >= 0.6 is 10.7 Å². The van der Waals surface area contributed by atoms with Gasteiger partial charge in [-0.2, -0.15) is 13.2 Å². The molecule has 1 rings (SSSR count). The van der Waals surface area contributed by atoms with E-state index in [4.69, 9.17) is 15.4 Å². The molecule has 9 heteroatoms. The molecule has 0 saturated heterocycles. The number of methoxy groups -OCH3 is 2. The van der Waals surface area contributed by atoms with Crippen molar-refractivity contribution in [1.29, 1.82) is 0 Å². The van der Waals surface area contributed by atoms with Gasteiger partial charge in [-0.3, -0.25) is 0 Å². The van der Waals surface area contributed by atoms with Gasteiger partial charge in [-0.15, -0.1) is 0 Å². The van der Waals surface area contributed by atoms with Crippen LogP contribution in [0, 0.1) is 0 Å². The van der Waals surface area contributed by atoms with Crippen LogP contribution in [0.5, 0.6) is 11.5 Å². The Morgan fingerprint density at radius 2 is 1.68 bits per heavy atom. The summed E-state index contributed by atoms with van der Waals surface area (Å²) in [4.78, 5) is 0. The van der Waals surface area contributed by atoms with Gasteiger partial charge in [0.2, 0.25) is 9.05 Å². The van der Waals surface area contributed by atoms with E-state index >= 15 is 0 Å². The minimum absolute atomic E-state index is 0.0117. The Hall–Kier alpha value is -1.15. The lowest BCUT2D eigenvalue weighted by Crippen LogP contribution is -2.10. The van der Waals surface area contributed by atoms with Gasteiger partial charge in [-0.05, 0) is 6.07 Å². The summed E-state index contributed by atoms with van der Waals surface area (Å²) < 4.78 is 69.7. The molecule has 0 unspecified atom stereocenters. The molecule has 0 spiro atoms. The lowest BCUT2D eigenvalue weighted by atomic mass is 10.1. The van der Waals surface area contributed by atoms with Gasteiger partial charge >= 0.3 is 6.18 Å². The van der Waals surface area contributed by atoms with Gasteiger partial charge in [0.25, 0.3) is 0 Å². The van der Waals surface area contributed by atoms with E-state index in [0.29, 0.717) is 0 Å². The maximum atomic E-state index is 12.7. The first-order chi connectivity index (χ1) is 8.60. The summed E-state index contributed by atoms with van der Waals surface area (Å²) in [6.45, 7) is 0. The normalized spacial score (nSPS) is 12.3. The molecule has 0 N–H and O–H groups in total. The average Bonchev–Trinajstić information content (AvgIpc) is 2.24. The third-order valence-corrected chi connectivity index (χ3v) is 3.22. The van der Waals surface area contributed by atoms with Crippen molar-refractivity contribution < 1.29 is 31.1 Å². The first kappa shape index (κ1) is 15.9. The summed E-state index contributed by atoms with van der Waals surface area (Å²) >= 11 is 0. The average molecular weight is 319 g/mol. The fourth-order valence-electron chi connectivity index (χ4n) is 1.55. The SMILES string of the molecule is COc1c(CS(=O)(=O)Cl)ccc(C(F)(F)F)c1OC. The number of rotatable bonds is 4. The highest BCUT2D eigenvalue weighted by Crippen LogP contribution is 2.43. The Kier molecular flexibility index (Phi) is 4.57. The lowest BCUT2D eigenvalue weighted by Gasteiger charge is -2.17. The highest BCUT2D eigenvalue weighted by Gasteiger charge is 2.36. The van der Waals surface area contributed by atoms with Crippen molar-refractivity contribution in [2.24, 2.45) is 0 Å². The van der Waals surface area contributed by atoms with E-state index in [1.807, 2.05) is 0 Å². The van der Waals surface area contributed by atoms with Crippen LogP contribution in [0.3, 0.4) is 0 Å². The first-order valence-electron chi connectivity index (χ1n) is 4.83. The van der Waals surface area contributed by atoms with Crippen LogP contribution in [0.15, 0.2) is 12.1 Å². The maximum Gasteiger partial charge on any atom is 0.420 e. The van der Waals surface area contributed by atoms with Crippen LogP contribution in [0.2, 0.25) is 0 Å². The Morgan fingerprint density at radius 1 is 1.16 bits per heavy atom. The Morgan fingerprint density at radius 3 is 2.05 bits per heavy atom. The quantitative estimate of drug-likeness (QED) is 0.801. The number of hydrogen-bond donors (Lipinski definition) is 0. The van der Waals surface area contributed by atoms with Crippen LogP contribution in [-0.4, -0.2) is 22.6 Å². The van der Waals surface area contributed by atoms with Gasteiger partial charge in [0.1, 0.15) is 5.56 Å². The van der Waals surface area contributed by atoms with Crippen molar-refractivity contribution in [2.45, 2.75) is 11.9 Å². The van der Waals surface area contributed by atoms with E-state index in [0.717, 1.165) is 26.4 Å². The fourth-order valence-corrected chi connectivity index (χ4v) is 2.50. The lowest BCUT2D eigenvalue weighted by molar-refractivity contribution is -0.138. The van der Waals surface area contributed by atoms with Gasteiger partial charge < -0.3 is 9.47 Å². The second kappa shape index (κ2) is 5.46. The molecular formula is C10H10ClF3O4S. The molecule has 19 heavy (non-hydrogen) atoms. The number of halogens is 4. The maximum absolute atomic E-state index is 12.7. The summed E-state index contributed by atoms with van der Waals surface area (Å²) in [7, 11) is 3.30. The predicted octanol–water partition coefficient (Wildman–Crippen LogP) is 2.79. The predicted molar refractivity (Wildman–Crippen MR) is 63.0 cm³/mol. The van der Waals surface area contributed by atoms with Crippen LogP contribution in [0.25, 0.3) is 0 Å². The molecule has 0 aliphatic carbocycles. The fraction of sp³-hybridized carbons (Fsp3) is 0.400. The van der Waals surface area contributed by atoms with E-state index in [1.54, 1.807) is 0 Å². The highest BCUT2D eigenvalue weighted by molar-refractivity contribution is 8.13. The van der Waals surface area contributed by atoms with E-state index in [-0.39, 0.29) is 11.3 Å². The Bertz CT molecular complexity index is 569. The minimum Gasteiger partial charge on any atom is -0.493 e. The van der Waals surface area contributed by atoms with Gasteiger partial charge in [0, 0.05) is 16.2 Å².